The number of aryl methyl sites for hydroxylation is 1. The maximum Gasteiger partial charge on any atom is 0.264 e. The molecule has 2 aromatic rings. The predicted molar refractivity (Wildman–Crippen MR) is 108 cm³/mol. The standard InChI is InChI=1S/C21H26N2O3S/c1-16-8-7-13-23(15-16)21(24)18-11-12-20(17(2)14-18)22(3)27(25,26)19-9-5-4-6-10-19/h4-6,9-12,14,16H,7-8,13,15H2,1-3H3/t16-/m1/s1. The van der Waals surface area contributed by atoms with Gasteiger partial charge in [-0.3, -0.25) is 9.10 Å². The van der Waals surface area contributed by atoms with E-state index in [1.807, 2.05) is 11.8 Å². The molecule has 3 rings (SSSR count). The predicted octanol–water partition coefficient (Wildman–Crippen LogP) is 3.69. The number of carbonyl (C=O) groups is 1. The zero-order valence-electron chi connectivity index (χ0n) is 16.1. The van der Waals surface area contributed by atoms with Crippen LogP contribution in [-0.4, -0.2) is 39.4 Å². The summed E-state index contributed by atoms with van der Waals surface area (Å²) < 4.78 is 26.9. The van der Waals surface area contributed by atoms with Gasteiger partial charge in [0, 0.05) is 25.7 Å². The summed E-state index contributed by atoms with van der Waals surface area (Å²) in [6, 6.07) is 13.6. The lowest BCUT2D eigenvalue weighted by Crippen LogP contribution is -2.39. The van der Waals surface area contributed by atoms with Crippen molar-refractivity contribution in [2.75, 3.05) is 24.4 Å². The van der Waals surface area contributed by atoms with Crippen molar-refractivity contribution in [3.63, 3.8) is 0 Å². The van der Waals surface area contributed by atoms with Gasteiger partial charge in [-0.15, -0.1) is 0 Å². The Morgan fingerprint density at radius 3 is 2.48 bits per heavy atom. The van der Waals surface area contributed by atoms with E-state index in [4.69, 9.17) is 0 Å². The molecule has 1 fully saturated rings. The zero-order valence-corrected chi connectivity index (χ0v) is 16.9. The largest absolute Gasteiger partial charge is 0.338 e. The molecule has 0 saturated carbocycles. The highest BCUT2D eigenvalue weighted by atomic mass is 32.2. The molecule has 0 N–H and O–H groups in total. The second-order valence-corrected chi connectivity index (χ2v) is 9.25. The number of hydrogen-bond donors (Lipinski definition) is 0. The first-order chi connectivity index (χ1) is 12.8. The van der Waals surface area contributed by atoms with Crippen LogP contribution in [0.1, 0.15) is 35.7 Å². The van der Waals surface area contributed by atoms with Gasteiger partial charge in [0.15, 0.2) is 0 Å². The summed E-state index contributed by atoms with van der Waals surface area (Å²) in [7, 11) is -2.10. The number of carbonyl (C=O) groups excluding carboxylic acids is 1. The van der Waals surface area contributed by atoms with Crippen LogP contribution in [0.3, 0.4) is 0 Å². The Morgan fingerprint density at radius 2 is 1.85 bits per heavy atom. The molecule has 27 heavy (non-hydrogen) atoms. The van der Waals surface area contributed by atoms with Gasteiger partial charge in [0.05, 0.1) is 10.6 Å². The van der Waals surface area contributed by atoms with E-state index < -0.39 is 10.0 Å². The van der Waals surface area contributed by atoms with Crippen LogP contribution >= 0.6 is 0 Å². The molecule has 0 aliphatic carbocycles. The van der Waals surface area contributed by atoms with E-state index in [9.17, 15) is 13.2 Å². The summed E-state index contributed by atoms with van der Waals surface area (Å²) >= 11 is 0. The van der Waals surface area contributed by atoms with Crippen molar-refractivity contribution in [1.29, 1.82) is 0 Å². The van der Waals surface area contributed by atoms with Gasteiger partial charge < -0.3 is 4.90 Å². The van der Waals surface area contributed by atoms with Gasteiger partial charge in [0.25, 0.3) is 15.9 Å². The third-order valence-electron chi connectivity index (χ3n) is 5.13. The first-order valence-electron chi connectivity index (χ1n) is 9.24. The van der Waals surface area contributed by atoms with Crippen molar-refractivity contribution in [2.24, 2.45) is 5.92 Å². The minimum absolute atomic E-state index is 0.0183. The smallest absolute Gasteiger partial charge is 0.264 e. The summed E-state index contributed by atoms with van der Waals surface area (Å²) in [6.45, 7) is 5.56. The molecule has 6 heteroatoms. The molecule has 0 bridgehead atoms. The number of rotatable bonds is 4. The molecule has 1 aliphatic heterocycles. The van der Waals surface area contributed by atoms with Crippen molar-refractivity contribution in [3.05, 3.63) is 59.7 Å². The maximum absolute atomic E-state index is 12.8. The van der Waals surface area contributed by atoms with Gasteiger partial charge in [-0.1, -0.05) is 25.1 Å². The van der Waals surface area contributed by atoms with Crippen molar-refractivity contribution in [1.82, 2.24) is 4.90 Å². The van der Waals surface area contributed by atoms with E-state index in [2.05, 4.69) is 6.92 Å². The summed E-state index contributed by atoms with van der Waals surface area (Å²) in [5.74, 6) is 0.537. The zero-order chi connectivity index (χ0) is 19.6. The average molecular weight is 387 g/mol. The van der Waals surface area contributed by atoms with E-state index in [1.165, 1.54) is 4.31 Å². The highest BCUT2D eigenvalue weighted by Crippen LogP contribution is 2.27. The minimum atomic E-state index is -3.64. The molecule has 1 amide bonds. The highest BCUT2D eigenvalue weighted by Gasteiger charge is 2.25. The Balaban J connectivity index is 1.85. The Morgan fingerprint density at radius 1 is 1.15 bits per heavy atom. The van der Waals surface area contributed by atoms with Crippen LogP contribution in [0.4, 0.5) is 5.69 Å². The topological polar surface area (TPSA) is 57.7 Å². The average Bonchev–Trinajstić information content (AvgIpc) is 2.67. The number of piperidine rings is 1. The lowest BCUT2D eigenvalue weighted by molar-refractivity contribution is 0.0683. The number of nitrogens with zero attached hydrogens (tertiary/aromatic N) is 2. The van der Waals surface area contributed by atoms with Crippen molar-refractivity contribution in [2.45, 2.75) is 31.6 Å². The maximum atomic E-state index is 12.8. The number of sulfonamides is 1. The van der Waals surface area contributed by atoms with E-state index >= 15 is 0 Å². The second kappa shape index (κ2) is 7.72. The number of anilines is 1. The van der Waals surface area contributed by atoms with Crippen molar-refractivity contribution in [3.8, 4) is 0 Å². The number of likely N-dealkylation sites (tertiary alicyclic amines) is 1. The van der Waals surface area contributed by atoms with E-state index in [0.29, 0.717) is 17.2 Å². The van der Waals surface area contributed by atoms with Gasteiger partial charge in [-0.2, -0.15) is 0 Å². The molecule has 5 nitrogen and oxygen atoms in total. The molecule has 144 valence electrons. The first kappa shape index (κ1) is 19.4. The van der Waals surface area contributed by atoms with Gasteiger partial charge >= 0.3 is 0 Å². The van der Waals surface area contributed by atoms with Crippen LogP contribution in [0.15, 0.2) is 53.4 Å². The van der Waals surface area contributed by atoms with Crippen molar-refractivity contribution >= 4 is 21.6 Å². The molecule has 0 radical (unpaired) electrons. The molecule has 1 atom stereocenters. The first-order valence-corrected chi connectivity index (χ1v) is 10.7. The molecule has 1 aliphatic rings. The van der Waals surface area contributed by atoms with Crippen LogP contribution < -0.4 is 4.31 Å². The van der Waals surface area contributed by atoms with E-state index in [-0.39, 0.29) is 10.8 Å². The van der Waals surface area contributed by atoms with Crippen LogP contribution in [0.25, 0.3) is 0 Å². The molecule has 0 spiro atoms. The highest BCUT2D eigenvalue weighted by molar-refractivity contribution is 7.92. The fourth-order valence-electron chi connectivity index (χ4n) is 3.58. The summed E-state index contributed by atoms with van der Waals surface area (Å²) in [4.78, 5) is 14.9. The van der Waals surface area contributed by atoms with E-state index in [0.717, 1.165) is 31.5 Å². The lowest BCUT2D eigenvalue weighted by atomic mass is 9.99. The number of benzene rings is 2. The van der Waals surface area contributed by atoms with Crippen LogP contribution in [-0.2, 0) is 10.0 Å². The fraction of sp³-hybridized carbons (Fsp3) is 0.381. The monoisotopic (exact) mass is 386 g/mol. The lowest BCUT2D eigenvalue weighted by Gasteiger charge is -2.31. The molecule has 0 aromatic heterocycles. The number of hydrogen-bond acceptors (Lipinski definition) is 3. The summed E-state index contributed by atoms with van der Waals surface area (Å²) in [5.41, 5.74) is 1.94. The van der Waals surface area contributed by atoms with E-state index in [1.54, 1.807) is 55.6 Å². The fourth-order valence-corrected chi connectivity index (χ4v) is 4.86. The third-order valence-corrected chi connectivity index (χ3v) is 6.91. The Kier molecular flexibility index (Phi) is 5.56. The third kappa shape index (κ3) is 4.00. The van der Waals surface area contributed by atoms with Gasteiger partial charge in [0.2, 0.25) is 0 Å². The van der Waals surface area contributed by atoms with Gasteiger partial charge in [0.1, 0.15) is 0 Å². The molecule has 1 saturated heterocycles. The molecule has 2 aromatic carbocycles. The Labute approximate surface area is 161 Å². The Hall–Kier alpha value is -2.34. The van der Waals surface area contributed by atoms with Crippen LogP contribution in [0, 0.1) is 12.8 Å². The number of amides is 1. The minimum Gasteiger partial charge on any atom is -0.338 e. The van der Waals surface area contributed by atoms with Gasteiger partial charge in [-0.25, -0.2) is 8.42 Å². The second-order valence-electron chi connectivity index (χ2n) is 7.29. The molecular weight excluding hydrogens is 360 g/mol. The summed E-state index contributed by atoms with van der Waals surface area (Å²) in [6.07, 6.45) is 2.19. The normalized spacial score (nSPS) is 17.6. The van der Waals surface area contributed by atoms with Gasteiger partial charge in [-0.05, 0) is 61.6 Å². The SMILES string of the molecule is Cc1cc(C(=O)N2CCC[C@@H](C)C2)ccc1N(C)S(=O)(=O)c1ccccc1. The van der Waals surface area contributed by atoms with Crippen LogP contribution in [0.2, 0.25) is 0 Å². The van der Waals surface area contributed by atoms with Crippen molar-refractivity contribution < 1.29 is 13.2 Å². The van der Waals surface area contributed by atoms with Crippen LogP contribution in [0.5, 0.6) is 0 Å². The Bertz CT molecular complexity index is 926. The molecule has 1 heterocycles. The molecule has 0 unspecified atom stereocenters. The quantitative estimate of drug-likeness (QED) is 0.805. The molecular formula is C21H26N2O3S. The summed E-state index contributed by atoms with van der Waals surface area (Å²) in [5, 5.41) is 0.